The van der Waals surface area contributed by atoms with E-state index in [1.165, 1.54) is 11.3 Å². The third-order valence-electron chi connectivity index (χ3n) is 2.94. The van der Waals surface area contributed by atoms with Crippen molar-refractivity contribution < 1.29 is 19.1 Å². The molecule has 0 aliphatic rings. The summed E-state index contributed by atoms with van der Waals surface area (Å²) in [7, 11) is 0. The third kappa shape index (κ3) is 3.64. The Kier molecular flexibility index (Phi) is 4.37. The van der Waals surface area contributed by atoms with Gasteiger partial charge in [-0.25, -0.2) is 9.78 Å². The molecular formula is C15H19NO4S. The smallest absolute Gasteiger partial charge is 0.349 e. The van der Waals surface area contributed by atoms with Crippen LogP contribution < -0.4 is 4.74 Å². The van der Waals surface area contributed by atoms with Gasteiger partial charge in [-0.3, -0.25) is 0 Å². The van der Waals surface area contributed by atoms with Crippen LogP contribution in [0.1, 0.15) is 53.9 Å². The van der Waals surface area contributed by atoms with Crippen molar-refractivity contribution >= 4 is 17.3 Å². The normalized spacial score (nSPS) is 11.6. The molecule has 0 unspecified atom stereocenters. The van der Waals surface area contributed by atoms with E-state index in [-0.39, 0.29) is 16.9 Å². The Morgan fingerprint density at radius 3 is 2.71 bits per heavy atom. The SMILES string of the molecule is CCc1cc(OCc2ncc(C(C)(C)C)o2)c(C(=O)O)s1. The van der Waals surface area contributed by atoms with Gasteiger partial charge in [-0.1, -0.05) is 27.7 Å². The number of aromatic nitrogens is 1. The zero-order chi connectivity index (χ0) is 15.6. The van der Waals surface area contributed by atoms with Gasteiger partial charge < -0.3 is 14.3 Å². The second-order valence-corrected chi connectivity index (χ2v) is 6.86. The van der Waals surface area contributed by atoms with E-state index in [1.807, 2.05) is 27.7 Å². The van der Waals surface area contributed by atoms with Crippen LogP contribution in [-0.2, 0) is 18.4 Å². The van der Waals surface area contributed by atoms with Gasteiger partial charge in [0.2, 0.25) is 5.89 Å². The summed E-state index contributed by atoms with van der Waals surface area (Å²) in [4.78, 5) is 16.5. The van der Waals surface area contributed by atoms with Crippen molar-refractivity contribution in [2.75, 3.05) is 0 Å². The molecule has 0 spiro atoms. The first-order chi connectivity index (χ1) is 9.81. The number of carbonyl (C=O) groups is 1. The lowest BCUT2D eigenvalue weighted by molar-refractivity contribution is 0.0697. The molecule has 6 heteroatoms. The molecule has 2 heterocycles. The molecular weight excluding hydrogens is 290 g/mol. The lowest BCUT2D eigenvalue weighted by Crippen LogP contribution is -2.09. The predicted octanol–water partition coefficient (Wildman–Crippen LogP) is 3.87. The summed E-state index contributed by atoms with van der Waals surface area (Å²) in [5.41, 5.74) is -0.116. The highest BCUT2D eigenvalue weighted by molar-refractivity contribution is 7.14. The van der Waals surface area contributed by atoms with Gasteiger partial charge in [0, 0.05) is 10.3 Å². The molecule has 5 nitrogen and oxygen atoms in total. The van der Waals surface area contributed by atoms with E-state index in [4.69, 9.17) is 9.15 Å². The van der Waals surface area contributed by atoms with Gasteiger partial charge in [0.15, 0.2) is 11.5 Å². The monoisotopic (exact) mass is 309 g/mol. The molecule has 0 atom stereocenters. The summed E-state index contributed by atoms with van der Waals surface area (Å²) in [5, 5.41) is 9.17. The molecule has 0 aliphatic heterocycles. The quantitative estimate of drug-likeness (QED) is 0.907. The number of aryl methyl sites for hydroxylation is 1. The number of nitrogens with zero attached hydrogens (tertiary/aromatic N) is 1. The highest BCUT2D eigenvalue weighted by Gasteiger charge is 2.20. The van der Waals surface area contributed by atoms with Crippen molar-refractivity contribution in [3.8, 4) is 5.75 Å². The summed E-state index contributed by atoms with van der Waals surface area (Å²) in [6.45, 7) is 8.20. The highest BCUT2D eigenvalue weighted by Crippen LogP contribution is 2.31. The second-order valence-electron chi connectivity index (χ2n) is 5.72. The van der Waals surface area contributed by atoms with Gasteiger partial charge in [-0.05, 0) is 12.5 Å². The average Bonchev–Trinajstić information content (AvgIpc) is 3.02. The topological polar surface area (TPSA) is 72.6 Å². The largest absolute Gasteiger partial charge is 0.482 e. The Bertz CT molecular complexity index is 636. The molecule has 0 saturated carbocycles. The lowest BCUT2D eigenvalue weighted by Gasteiger charge is -2.13. The first-order valence-corrected chi connectivity index (χ1v) is 7.57. The predicted molar refractivity (Wildman–Crippen MR) is 80.2 cm³/mol. The van der Waals surface area contributed by atoms with Gasteiger partial charge >= 0.3 is 5.97 Å². The summed E-state index contributed by atoms with van der Waals surface area (Å²) in [6.07, 6.45) is 2.46. The molecule has 0 aromatic carbocycles. The molecule has 0 fully saturated rings. The summed E-state index contributed by atoms with van der Waals surface area (Å²) in [5.74, 6) is 0.622. The molecule has 0 saturated heterocycles. The van der Waals surface area contributed by atoms with Crippen molar-refractivity contribution in [2.24, 2.45) is 0 Å². The van der Waals surface area contributed by atoms with Crippen molar-refractivity contribution in [1.29, 1.82) is 0 Å². The number of rotatable bonds is 5. The van der Waals surface area contributed by atoms with Crippen LogP contribution in [0.15, 0.2) is 16.7 Å². The first kappa shape index (κ1) is 15.6. The molecule has 114 valence electrons. The molecule has 1 N–H and O–H groups in total. The fraction of sp³-hybridized carbons (Fsp3) is 0.467. The molecule has 2 aromatic heterocycles. The van der Waals surface area contributed by atoms with Crippen LogP contribution in [0.3, 0.4) is 0 Å². The number of hydrogen-bond donors (Lipinski definition) is 1. The summed E-state index contributed by atoms with van der Waals surface area (Å²) in [6, 6.07) is 1.77. The molecule has 2 aromatic rings. The Labute approximate surface area is 127 Å². The zero-order valence-corrected chi connectivity index (χ0v) is 13.4. The van der Waals surface area contributed by atoms with Gasteiger partial charge in [-0.15, -0.1) is 11.3 Å². The number of aromatic carboxylic acids is 1. The molecule has 2 rings (SSSR count). The molecule has 0 aliphatic carbocycles. The van der Waals surface area contributed by atoms with Crippen LogP contribution in [0.5, 0.6) is 5.75 Å². The molecule has 21 heavy (non-hydrogen) atoms. The summed E-state index contributed by atoms with van der Waals surface area (Å²) < 4.78 is 11.2. The number of oxazole rings is 1. The fourth-order valence-electron chi connectivity index (χ4n) is 1.72. The van der Waals surface area contributed by atoms with E-state index in [0.717, 1.165) is 17.1 Å². The zero-order valence-electron chi connectivity index (χ0n) is 12.6. The van der Waals surface area contributed by atoms with Crippen LogP contribution in [0.25, 0.3) is 0 Å². The van der Waals surface area contributed by atoms with Crippen LogP contribution >= 0.6 is 11.3 Å². The Morgan fingerprint density at radius 1 is 1.48 bits per heavy atom. The Balaban J connectivity index is 2.11. The fourth-order valence-corrected chi connectivity index (χ4v) is 2.59. The van der Waals surface area contributed by atoms with Crippen molar-refractivity contribution in [3.63, 3.8) is 0 Å². The Morgan fingerprint density at radius 2 is 2.19 bits per heavy atom. The second kappa shape index (κ2) is 5.89. The first-order valence-electron chi connectivity index (χ1n) is 6.75. The summed E-state index contributed by atoms with van der Waals surface area (Å²) >= 11 is 1.24. The van der Waals surface area contributed by atoms with Gasteiger partial charge in [0.1, 0.15) is 11.5 Å². The van der Waals surface area contributed by atoms with Crippen LogP contribution in [0.2, 0.25) is 0 Å². The van der Waals surface area contributed by atoms with Crippen LogP contribution in [0.4, 0.5) is 0 Å². The van der Waals surface area contributed by atoms with E-state index < -0.39 is 5.97 Å². The minimum atomic E-state index is -0.975. The van der Waals surface area contributed by atoms with Gasteiger partial charge in [-0.2, -0.15) is 0 Å². The van der Waals surface area contributed by atoms with Crippen molar-refractivity contribution in [1.82, 2.24) is 4.98 Å². The molecule has 0 radical (unpaired) electrons. The van der Waals surface area contributed by atoms with Gasteiger partial charge in [0.05, 0.1) is 6.20 Å². The van der Waals surface area contributed by atoms with Crippen LogP contribution in [0, 0.1) is 0 Å². The maximum atomic E-state index is 11.2. The molecule has 0 bridgehead atoms. The highest BCUT2D eigenvalue weighted by atomic mass is 32.1. The van der Waals surface area contributed by atoms with E-state index >= 15 is 0 Å². The number of thiophene rings is 1. The average molecular weight is 309 g/mol. The standard InChI is InChI=1S/C15H19NO4S/c1-5-9-6-10(13(21-9)14(17)18)19-8-12-16-7-11(20-12)15(2,3)4/h6-7H,5,8H2,1-4H3,(H,17,18). The minimum absolute atomic E-state index is 0.116. The number of ether oxygens (including phenoxy) is 1. The van der Waals surface area contributed by atoms with E-state index in [2.05, 4.69) is 4.98 Å². The number of carboxylic acid groups (broad SMARTS) is 1. The third-order valence-corrected chi connectivity index (χ3v) is 4.18. The van der Waals surface area contributed by atoms with E-state index in [0.29, 0.717) is 11.6 Å². The lowest BCUT2D eigenvalue weighted by atomic mass is 9.94. The van der Waals surface area contributed by atoms with Crippen molar-refractivity contribution in [2.45, 2.75) is 46.1 Å². The Hall–Kier alpha value is -1.82. The maximum absolute atomic E-state index is 11.2. The van der Waals surface area contributed by atoms with E-state index in [1.54, 1.807) is 12.3 Å². The van der Waals surface area contributed by atoms with Gasteiger partial charge in [0.25, 0.3) is 0 Å². The number of carboxylic acids is 1. The van der Waals surface area contributed by atoms with E-state index in [9.17, 15) is 9.90 Å². The molecule has 0 amide bonds. The van der Waals surface area contributed by atoms with Crippen molar-refractivity contribution in [3.05, 3.63) is 33.7 Å². The van der Waals surface area contributed by atoms with Crippen LogP contribution in [-0.4, -0.2) is 16.1 Å². The minimum Gasteiger partial charge on any atom is -0.482 e. The number of hydrogen-bond acceptors (Lipinski definition) is 5. The maximum Gasteiger partial charge on any atom is 0.349 e.